The highest BCUT2D eigenvalue weighted by molar-refractivity contribution is 8.22. The molecule has 0 saturated heterocycles. The zero-order chi connectivity index (χ0) is 12.3. The SMILES string of the molecule is CC(C)P(=S)(c1ccccc1)c1ccccc1. The highest BCUT2D eigenvalue weighted by Crippen LogP contribution is 2.48. The van der Waals surface area contributed by atoms with Crippen LogP contribution in [0.15, 0.2) is 60.7 Å². The topological polar surface area (TPSA) is 0 Å². The van der Waals surface area contributed by atoms with Crippen molar-refractivity contribution < 1.29 is 0 Å². The molecule has 0 fully saturated rings. The molecule has 88 valence electrons. The van der Waals surface area contributed by atoms with Crippen molar-refractivity contribution in [2.24, 2.45) is 0 Å². The molecule has 0 aliphatic rings. The van der Waals surface area contributed by atoms with Crippen LogP contribution in [0.1, 0.15) is 13.8 Å². The molecule has 0 heterocycles. The van der Waals surface area contributed by atoms with E-state index in [9.17, 15) is 0 Å². The van der Waals surface area contributed by atoms with Crippen molar-refractivity contribution in [2.45, 2.75) is 19.5 Å². The standard InChI is InChI=1S/C15H17PS/c1-13(2)16(17,14-9-5-3-6-10-14)15-11-7-4-8-12-15/h3-13H,1-2H3. The van der Waals surface area contributed by atoms with Gasteiger partial charge in [-0.1, -0.05) is 86.3 Å². The van der Waals surface area contributed by atoms with E-state index in [0.29, 0.717) is 5.66 Å². The lowest BCUT2D eigenvalue weighted by Crippen LogP contribution is -2.21. The Balaban J connectivity index is 2.60. The van der Waals surface area contributed by atoms with Crippen molar-refractivity contribution in [2.75, 3.05) is 0 Å². The van der Waals surface area contributed by atoms with E-state index in [-0.39, 0.29) is 0 Å². The molecule has 0 nitrogen and oxygen atoms in total. The fourth-order valence-electron chi connectivity index (χ4n) is 2.04. The molecule has 2 aromatic carbocycles. The summed E-state index contributed by atoms with van der Waals surface area (Å²) in [6.45, 7) is 4.47. The van der Waals surface area contributed by atoms with Gasteiger partial charge >= 0.3 is 0 Å². The van der Waals surface area contributed by atoms with E-state index in [1.165, 1.54) is 10.6 Å². The number of benzene rings is 2. The van der Waals surface area contributed by atoms with Crippen LogP contribution in [0.3, 0.4) is 0 Å². The summed E-state index contributed by atoms with van der Waals surface area (Å²) in [7, 11) is 0. The number of hydrogen-bond donors (Lipinski definition) is 0. The van der Waals surface area contributed by atoms with Crippen molar-refractivity contribution in [1.29, 1.82) is 0 Å². The molecule has 0 aliphatic carbocycles. The molecular formula is C15H17PS. The van der Waals surface area contributed by atoms with Gasteiger partial charge in [-0.3, -0.25) is 0 Å². The molecule has 0 bridgehead atoms. The molecule has 0 spiro atoms. The maximum Gasteiger partial charge on any atom is 0.0130 e. The van der Waals surface area contributed by atoms with Crippen LogP contribution < -0.4 is 10.6 Å². The van der Waals surface area contributed by atoms with Crippen molar-refractivity contribution >= 4 is 28.5 Å². The first kappa shape index (κ1) is 12.5. The second kappa shape index (κ2) is 5.16. The smallest absolute Gasteiger partial charge is 0.0130 e. The first-order valence-electron chi connectivity index (χ1n) is 5.86. The Morgan fingerprint density at radius 2 is 1.12 bits per heavy atom. The van der Waals surface area contributed by atoms with Gasteiger partial charge in [0.15, 0.2) is 0 Å². The van der Waals surface area contributed by atoms with Gasteiger partial charge in [-0.15, -0.1) is 0 Å². The van der Waals surface area contributed by atoms with Crippen molar-refractivity contribution in [3.05, 3.63) is 60.7 Å². The highest BCUT2D eigenvalue weighted by atomic mass is 32.4. The van der Waals surface area contributed by atoms with Gasteiger partial charge in [0, 0.05) is 6.04 Å². The summed E-state index contributed by atoms with van der Waals surface area (Å²) < 4.78 is 0. The van der Waals surface area contributed by atoms with Crippen LogP contribution >= 0.6 is 6.04 Å². The predicted molar refractivity (Wildman–Crippen MR) is 81.6 cm³/mol. The van der Waals surface area contributed by atoms with Crippen LogP contribution in [0.2, 0.25) is 0 Å². The van der Waals surface area contributed by atoms with Crippen LogP contribution in [0.4, 0.5) is 0 Å². The molecular weight excluding hydrogens is 243 g/mol. The lowest BCUT2D eigenvalue weighted by molar-refractivity contribution is 1.10. The van der Waals surface area contributed by atoms with Crippen LogP contribution in [-0.2, 0) is 11.8 Å². The van der Waals surface area contributed by atoms with E-state index in [0.717, 1.165) is 0 Å². The van der Waals surface area contributed by atoms with Crippen LogP contribution in [-0.4, -0.2) is 5.66 Å². The molecule has 0 amide bonds. The Kier molecular flexibility index (Phi) is 3.81. The van der Waals surface area contributed by atoms with E-state index >= 15 is 0 Å². The minimum absolute atomic E-state index is 0.488. The highest BCUT2D eigenvalue weighted by Gasteiger charge is 2.25. The zero-order valence-corrected chi connectivity index (χ0v) is 11.9. The van der Waals surface area contributed by atoms with E-state index in [2.05, 4.69) is 74.5 Å². The van der Waals surface area contributed by atoms with Crippen molar-refractivity contribution in [3.63, 3.8) is 0 Å². The summed E-state index contributed by atoms with van der Waals surface area (Å²) >= 11 is 6.07. The third-order valence-corrected chi connectivity index (χ3v) is 9.12. The van der Waals surface area contributed by atoms with E-state index in [1.54, 1.807) is 0 Å². The minimum Gasteiger partial charge on any atom is -0.0873 e. The molecule has 0 saturated carbocycles. The zero-order valence-electron chi connectivity index (χ0n) is 10.2. The summed E-state index contributed by atoms with van der Waals surface area (Å²) in [4.78, 5) is 0. The van der Waals surface area contributed by atoms with Gasteiger partial charge < -0.3 is 0 Å². The molecule has 2 rings (SSSR count). The summed E-state index contributed by atoms with van der Waals surface area (Å²) in [5, 5.41) is 2.63. The largest absolute Gasteiger partial charge is 0.0873 e. The molecule has 0 radical (unpaired) electrons. The van der Waals surface area contributed by atoms with E-state index in [4.69, 9.17) is 11.8 Å². The van der Waals surface area contributed by atoms with Gasteiger partial charge in [0.25, 0.3) is 0 Å². The molecule has 0 unspecified atom stereocenters. The van der Waals surface area contributed by atoms with Gasteiger partial charge in [0.2, 0.25) is 0 Å². The van der Waals surface area contributed by atoms with E-state index in [1.807, 2.05) is 0 Å². The maximum atomic E-state index is 6.07. The quantitative estimate of drug-likeness (QED) is 0.761. The number of hydrogen-bond acceptors (Lipinski definition) is 1. The van der Waals surface area contributed by atoms with Crippen LogP contribution in [0.5, 0.6) is 0 Å². The molecule has 0 aliphatic heterocycles. The second-order valence-corrected chi connectivity index (χ2v) is 9.53. The average Bonchev–Trinajstić information content (AvgIpc) is 2.39. The lowest BCUT2D eigenvalue weighted by atomic mass is 10.4. The Morgan fingerprint density at radius 3 is 1.41 bits per heavy atom. The van der Waals surface area contributed by atoms with Gasteiger partial charge in [-0.25, -0.2) is 0 Å². The van der Waals surface area contributed by atoms with Crippen LogP contribution in [0.25, 0.3) is 0 Å². The van der Waals surface area contributed by atoms with Gasteiger partial charge in [-0.05, 0) is 16.3 Å². The first-order chi connectivity index (χ1) is 8.15. The molecule has 17 heavy (non-hydrogen) atoms. The monoisotopic (exact) mass is 260 g/mol. The summed E-state index contributed by atoms with van der Waals surface area (Å²) in [5.74, 6) is 0. The fraction of sp³-hybridized carbons (Fsp3) is 0.200. The number of rotatable bonds is 3. The van der Waals surface area contributed by atoms with Crippen LogP contribution in [0, 0.1) is 0 Å². The van der Waals surface area contributed by atoms with E-state index < -0.39 is 6.04 Å². The Bertz CT molecular complexity index is 474. The van der Waals surface area contributed by atoms with Crippen molar-refractivity contribution in [3.8, 4) is 0 Å². The third kappa shape index (κ3) is 2.36. The summed E-state index contributed by atoms with van der Waals surface area (Å²) in [5.41, 5.74) is 0.488. The van der Waals surface area contributed by atoms with Gasteiger partial charge in [-0.2, -0.15) is 0 Å². The molecule has 0 aromatic heterocycles. The molecule has 0 N–H and O–H groups in total. The Hall–Kier alpha value is -0.910. The average molecular weight is 260 g/mol. The fourth-order valence-corrected chi connectivity index (χ4v) is 5.50. The Labute approximate surface area is 109 Å². The molecule has 2 aromatic rings. The Morgan fingerprint density at radius 1 is 0.765 bits per heavy atom. The summed E-state index contributed by atoms with van der Waals surface area (Å²) in [6.07, 6.45) is 0. The minimum atomic E-state index is -1.66. The summed E-state index contributed by atoms with van der Waals surface area (Å²) in [6, 6.07) is 19.5. The van der Waals surface area contributed by atoms with Gasteiger partial charge in [0.1, 0.15) is 0 Å². The first-order valence-corrected chi connectivity index (χ1v) is 8.74. The third-order valence-electron chi connectivity index (χ3n) is 3.01. The molecule has 2 heteroatoms. The van der Waals surface area contributed by atoms with Gasteiger partial charge in [0.05, 0.1) is 0 Å². The maximum absolute atomic E-state index is 6.07. The normalized spacial score (nSPS) is 11.7. The molecule has 0 atom stereocenters. The second-order valence-electron chi connectivity index (χ2n) is 4.42. The lowest BCUT2D eigenvalue weighted by Gasteiger charge is -2.27. The predicted octanol–water partition coefficient (Wildman–Crippen LogP) is 3.53. The van der Waals surface area contributed by atoms with Crippen molar-refractivity contribution in [1.82, 2.24) is 0 Å².